The number of fused-ring (bicyclic) bond motifs is 1. The lowest BCUT2D eigenvalue weighted by Crippen LogP contribution is -2.37. The first-order valence-corrected chi connectivity index (χ1v) is 6.24. The molecule has 0 radical (unpaired) electrons. The van der Waals surface area contributed by atoms with E-state index in [0.29, 0.717) is 29.2 Å². The van der Waals surface area contributed by atoms with Gasteiger partial charge >= 0.3 is 0 Å². The van der Waals surface area contributed by atoms with Crippen molar-refractivity contribution in [3.63, 3.8) is 0 Å². The predicted molar refractivity (Wildman–Crippen MR) is 68.1 cm³/mol. The minimum atomic E-state index is -0.0592. The Kier molecular flexibility index (Phi) is 3.69. The van der Waals surface area contributed by atoms with Crippen LogP contribution in [-0.4, -0.2) is 24.1 Å². The first kappa shape index (κ1) is 12.4. The maximum atomic E-state index is 11.8. The van der Waals surface area contributed by atoms with Crippen LogP contribution in [0.25, 0.3) is 0 Å². The van der Waals surface area contributed by atoms with E-state index >= 15 is 0 Å². The molecule has 0 unspecified atom stereocenters. The fourth-order valence-electron chi connectivity index (χ4n) is 1.91. The van der Waals surface area contributed by atoms with Crippen molar-refractivity contribution in [2.24, 2.45) is 0 Å². The average molecular weight is 272 g/mol. The van der Waals surface area contributed by atoms with Crippen LogP contribution < -0.4 is 4.90 Å². The minimum Gasteiger partial charge on any atom is -0.311 e. The topological polar surface area (TPSA) is 37.4 Å². The maximum Gasteiger partial charge on any atom is 0.228 e. The van der Waals surface area contributed by atoms with E-state index in [9.17, 15) is 9.59 Å². The number of nitrogens with zero attached hydrogens (tertiary/aromatic N) is 1. The van der Waals surface area contributed by atoms with Gasteiger partial charge in [0.25, 0.3) is 0 Å². The third-order valence-electron chi connectivity index (χ3n) is 2.72. The van der Waals surface area contributed by atoms with Crippen LogP contribution >= 0.6 is 23.2 Å². The van der Waals surface area contributed by atoms with E-state index in [0.717, 1.165) is 0 Å². The Hall–Kier alpha value is -1.06. The van der Waals surface area contributed by atoms with Crippen molar-refractivity contribution in [2.45, 2.75) is 12.8 Å². The van der Waals surface area contributed by atoms with Crippen LogP contribution in [0.1, 0.15) is 23.2 Å². The Bertz CT molecular complexity index is 474. The summed E-state index contributed by atoms with van der Waals surface area (Å²) in [6.07, 6.45) is 0.610. The van der Waals surface area contributed by atoms with E-state index < -0.39 is 0 Å². The van der Waals surface area contributed by atoms with Crippen LogP contribution in [-0.2, 0) is 4.79 Å². The van der Waals surface area contributed by atoms with Gasteiger partial charge in [0, 0.05) is 35.9 Å². The summed E-state index contributed by atoms with van der Waals surface area (Å²) in [4.78, 5) is 25.2. The van der Waals surface area contributed by atoms with Gasteiger partial charge in [-0.1, -0.05) is 11.6 Å². The second-order valence-corrected chi connectivity index (χ2v) is 4.63. The van der Waals surface area contributed by atoms with Gasteiger partial charge in [-0.25, -0.2) is 0 Å². The molecule has 0 N–H and O–H groups in total. The molecule has 1 aromatic carbocycles. The number of ketones is 1. The fourth-order valence-corrected chi connectivity index (χ4v) is 2.24. The SMILES string of the molecule is O=C1CCN(C(=O)CCCl)c2ccc(Cl)cc21. The number of anilines is 1. The summed E-state index contributed by atoms with van der Waals surface area (Å²) in [5.74, 6) is 0.250. The summed E-state index contributed by atoms with van der Waals surface area (Å²) in [6, 6.07) is 5.00. The van der Waals surface area contributed by atoms with E-state index in [2.05, 4.69) is 0 Å². The van der Waals surface area contributed by atoms with Gasteiger partial charge in [0.05, 0.1) is 5.69 Å². The molecule has 3 nitrogen and oxygen atoms in total. The lowest BCUT2D eigenvalue weighted by atomic mass is 10.00. The number of halogens is 2. The van der Waals surface area contributed by atoms with Crippen molar-refractivity contribution in [1.82, 2.24) is 0 Å². The van der Waals surface area contributed by atoms with E-state index in [1.807, 2.05) is 0 Å². The van der Waals surface area contributed by atoms with Crippen LogP contribution in [0.4, 0.5) is 5.69 Å². The number of benzene rings is 1. The van der Waals surface area contributed by atoms with Gasteiger partial charge in [0.15, 0.2) is 5.78 Å². The maximum absolute atomic E-state index is 11.8. The molecular weight excluding hydrogens is 261 g/mol. The Morgan fingerprint density at radius 2 is 2.18 bits per heavy atom. The van der Waals surface area contributed by atoms with Gasteiger partial charge in [-0.05, 0) is 18.2 Å². The number of hydrogen-bond acceptors (Lipinski definition) is 2. The van der Waals surface area contributed by atoms with Crippen molar-refractivity contribution in [1.29, 1.82) is 0 Å². The lowest BCUT2D eigenvalue weighted by Gasteiger charge is -2.28. The van der Waals surface area contributed by atoms with E-state index in [4.69, 9.17) is 23.2 Å². The van der Waals surface area contributed by atoms with E-state index in [1.54, 1.807) is 23.1 Å². The molecule has 0 spiro atoms. The Morgan fingerprint density at radius 3 is 2.88 bits per heavy atom. The number of amides is 1. The van der Waals surface area contributed by atoms with Crippen molar-refractivity contribution < 1.29 is 9.59 Å². The molecule has 1 aromatic rings. The van der Waals surface area contributed by atoms with Gasteiger partial charge in [-0.15, -0.1) is 11.6 Å². The summed E-state index contributed by atoms with van der Waals surface area (Å²) < 4.78 is 0. The molecule has 90 valence electrons. The smallest absolute Gasteiger partial charge is 0.228 e. The summed E-state index contributed by atoms with van der Waals surface area (Å²) in [5.41, 5.74) is 1.16. The van der Waals surface area contributed by atoms with Gasteiger partial charge in [0.2, 0.25) is 5.91 Å². The second-order valence-electron chi connectivity index (χ2n) is 3.82. The summed E-state index contributed by atoms with van der Waals surface area (Å²) in [6.45, 7) is 0.420. The molecule has 1 heterocycles. The summed E-state index contributed by atoms with van der Waals surface area (Å²) >= 11 is 11.4. The molecule has 0 atom stereocenters. The Labute approximate surface area is 109 Å². The van der Waals surface area contributed by atoms with E-state index in [-0.39, 0.29) is 24.0 Å². The lowest BCUT2D eigenvalue weighted by molar-refractivity contribution is -0.118. The fraction of sp³-hybridized carbons (Fsp3) is 0.333. The highest BCUT2D eigenvalue weighted by Gasteiger charge is 2.26. The zero-order valence-corrected chi connectivity index (χ0v) is 10.6. The third kappa shape index (κ3) is 2.45. The number of rotatable bonds is 2. The van der Waals surface area contributed by atoms with Crippen molar-refractivity contribution in [2.75, 3.05) is 17.3 Å². The van der Waals surface area contributed by atoms with Crippen LogP contribution in [0.2, 0.25) is 5.02 Å². The monoisotopic (exact) mass is 271 g/mol. The largest absolute Gasteiger partial charge is 0.311 e. The van der Waals surface area contributed by atoms with Crippen LogP contribution in [0.5, 0.6) is 0 Å². The van der Waals surface area contributed by atoms with Crippen LogP contribution in [0.3, 0.4) is 0 Å². The highest BCUT2D eigenvalue weighted by atomic mass is 35.5. The second kappa shape index (κ2) is 5.07. The molecule has 0 bridgehead atoms. The highest BCUT2D eigenvalue weighted by Crippen LogP contribution is 2.30. The molecule has 1 aliphatic rings. The van der Waals surface area contributed by atoms with E-state index in [1.165, 1.54) is 0 Å². The minimum absolute atomic E-state index is 0.0254. The van der Waals surface area contributed by atoms with Gasteiger partial charge in [-0.2, -0.15) is 0 Å². The molecule has 1 amide bonds. The van der Waals surface area contributed by atoms with Crippen molar-refractivity contribution >= 4 is 40.6 Å². The molecule has 0 fully saturated rings. The molecule has 0 saturated carbocycles. The predicted octanol–water partition coefficient (Wildman–Crippen LogP) is 2.89. The number of hydrogen-bond donors (Lipinski definition) is 0. The molecule has 0 saturated heterocycles. The zero-order valence-electron chi connectivity index (χ0n) is 9.08. The first-order valence-electron chi connectivity index (χ1n) is 5.32. The van der Waals surface area contributed by atoms with Crippen LogP contribution in [0, 0.1) is 0 Å². The third-order valence-corrected chi connectivity index (χ3v) is 3.15. The standard InChI is InChI=1S/C12H11Cl2NO2/c13-5-3-12(17)15-6-4-11(16)9-7-8(14)1-2-10(9)15/h1-2,7H,3-6H2. The number of Topliss-reactive ketones (excluding diaryl/α,β-unsaturated/α-hetero) is 1. The van der Waals surface area contributed by atoms with Crippen LogP contribution in [0.15, 0.2) is 18.2 Å². The first-order chi connectivity index (χ1) is 8.13. The molecular formula is C12H11Cl2NO2. The molecule has 5 heteroatoms. The summed E-state index contributed by atoms with van der Waals surface area (Å²) in [7, 11) is 0. The zero-order chi connectivity index (χ0) is 12.4. The molecule has 2 rings (SSSR count). The quantitative estimate of drug-likeness (QED) is 0.776. The number of carbonyl (C=O) groups is 2. The molecule has 0 aromatic heterocycles. The Balaban J connectivity index is 2.39. The average Bonchev–Trinajstić information content (AvgIpc) is 2.30. The molecule has 0 aliphatic carbocycles. The number of alkyl halides is 1. The van der Waals surface area contributed by atoms with Gasteiger partial charge in [0.1, 0.15) is 0 Å². The van der Waals surface area contributed by atoms with Crippen molar-refractivity contribution in [3.05, 3.63) is 28.8 Å². The highest BCUT2D eigenvalue weighted by molar-refractivity contribution is 6.31. The summed E-state index contributed by atoms with van der Waals surface area (Å²) in [5, 5.41) is 0.503. The normalized spacial score (nSPS) is 14.7. The van der Waals surface area contributed by atoms with Crippen molar-refractivity contribution in [3.8, 4) is 0 Å². The molecule has 1 aliphatic heterocycles. The molecule has 17 heavy (non-hydrogen) atoms. The number of carbonyl (C=O) groups excluding carboxylic acids is 2. The Morgan fingerprint density at radius 1 is 1.41 bits per heavy atom. The van der Waals surface area contributed by atoms with Gasteiger partial charge in [-0.3, -0.25) is 9.59 Å². The van der Waals surface area contributed by atoms with Gasteiger partial charge < -0.3 is 4.90 Å².